The molecule has 3 heterocycles. The van der Waals surface area contributed by atoms with Gasteiger partial charge in [-0.15, -0.1) is 0 Å². The molecule has 0 aliphatic carbocycles. The van der Waals surface area contributed by atoms with Crippen LogP contribution in [0.25, 0.3) is 21.9 Å². The molecular formula is C23H26BrN5O2S. The van der Waals surface area contributed by atoms with Gasteiger partial charge in [-0.3, -0.25) is 0 Å². The number of thioether (sulfide) groups is 1. The molecule has 0 amide bonds. The topological polar surface area (TPSA) is 110 Å². The van der Waals surface area contributed by atoms with E-state index in [2.05, 4.69) is 36.9 Å². The molecule has 0 fully saturated rings. The van der Waals surface area contributed by atoms with Gasteiger partial charge in [0.15, 0.2) is 6.23 Å². The Morgan fingerprint density at radius 1 is 1.22 bits per heavy atom. The molecule has 0 spiro atoms. The quantitative estimate of drug-likeness (QED) is 0.337. The first-order valence-corrected chi connectivity index (χ1v) is 12.3. The predicted molar refractivity (Wildman–Crippen MR) is 134 cm³/mol. The van der Waals surface area contributed by atoms with Crippen LogP contribution < -0.4 is 5.73 Å². The van der Waals surface area contributed by atoms with Gasteiger partial charge < -0.3 is 20.5 Å². The van der Waals surface area contributed by atoms with Crippen molar-refractivity contribution in [2.45, 2.75) is 43.8 Å². The normalized spacial score (nSPS) is 15.7. The maximum Gasteiger partial charge on any atom is 0.159 e. The van der Waals surface area contributed by atoms with Crippen molar-refractivity contribution in [2.75, 3.05) is 12.0 Å². The number of hydrogen-bond acceptors (Lipinski definition) is 7. The Bertz CT molecular complexity index is 1280. The van der Waals surface area contributed by atoms with Gasteiger partial charge in [0.1, 0.15) is 23.9 Å². The summed E-state index contributed by atoms with van der Waals surface area (Å²) in [5.41, 5.74) is 9.31. The zero-order valence-corrected chi connectivity index (χ0v) is 20.6. The van der Waals surface area contributed by atoms with Gasteiger partial charge in [-0.25, -0.2) is 15.0 Å². The standard InChI is InChI=1S/C23H26BrN5O2S/c1-13-16-7-9-29(21(16)27-12-26-13)22(31)19(30)23(2,32-3)8-6-14-4-5-15-11-17(24)20(25)28-18(15)10-14/h4-5,7,9-12,19,22,30-31H,6,8H2,1-3H3,(H2,25,28)/t19-,22+,23+/m0/s1. The van der Waals surface area contributed by atoms with Gasteiger partial charge in [0.25, 0.3) is 0 Å². The number of anilines is 1. The number of aliphatic hydroxyl groups excluding tert-OH is 2. The Hall–Kier alpha value is -2.20. The third-order valence-electron chi connectivity index (χ3n) is 6.14. The molecule has 4 aromatic rings. The number of nitrogen functional groups attached to an aromatic ring is 1. The van der Waals surface area contributed by atoms with Crippen LogP contribution in [0, 0.1) is 6.92 Å². The molecule has 3 atom stereocenters. The molecule has 0 aliphatic rings. The molecule has 0 aliphatic heterocycles. The maximum absolute atomic E-state index is 11.2. The Morgan fingerprint density at radius 3 is 2.75 bits per heavy atom. The predicted octanol–water partition coefficient (Wildman–Crippen LogP) is 4.24. The van der Waals surface area contributed by atoms with Gasteiger partial charge in [0.05, 0.1) is 15.7 Å². The average molecular weight is 516 g/mol. The smallest absolute Gasteiger partial charge is 0.159 e. The number of halogens is 1. The van der Waals surface area contributed by atoms with Crippen molar-refractivity contribution >= 4 is 55.4 Å². The molecule has 9 heteroatoms. The van der Waals surface area contributed by atoms with Crippen LogP contribution in [0.5, 0.6) is 0 Å². The first kappa shape index (κ1) is 23.0. The molecule has 0 saturated heterocycles. The van der Waals surface area contributed by atoms with Crippen LogP contribution in [-0.2, 0) is 6.42 Å². The molecule has 4 rings (SSSR count). The van der Waals surface area contributed by atoms with Gasteiger partial charge in [-0.1, -0.05) is 12.1 Å². The van der Waals surface area contributed by atoms with E-state index in [1.54, 1.807) is 22.5 Å². The summed E-state index contributed by atoms with van der Waals surface area (Å²) in [5.74, 6) is 0.458. The summed E-state index contributed by atoms with van der Waals surface area (Å²) in [6.07, 6.45) is 4.43. The number of aliphatic hydroxyl groups is 2. The van der Waals surface area contributed by atoms with Crippen LogP contribution in [0.4, 0.5) is 5.82 Å². The molecular weight excluding hydrogens is 490 g/mol. The van der Waals surface area contributed by atoms with Gasteiger partial charge in [0.2, 0.25) is 0 Å². The van der Waals surface area contributed by atoms with E-state index in [0.29, 0.717) is 17.9 Å². The number of nitrogens with zero attached hydrogens (tertiary/aromatic N) is 4. The Morgan fingerprint density at radius 2 is 2.00 bits per heavy atom. The zero-order valence-electron chi connectivity index (χ0n) is 18.2. The van der Waals surface area contributed by atoms with Crippen LogP contribution in [0.15, 0.2) is 47.3 Å². The molecule has 0 unspecified atom stereocenters. The third kappa shape index (κ3) is 4.22. The lowest BCUT2D eigenvalue weighted by Crippen LogP contribution is -2.42. The molecule has 0 saturated carbocycles. The monoisotopic (exact) mass is 515 g/mol. The second-order valence-electron chi connectivity index (χ2n) is 8.18. The molecule has 1 aromatic carbocycles. The van der Waals surface area contributed by atoms with Crippen molar-refractivity contribution in [1.82, 2.24) is 19.5 Å². The van der Waals surface area contributed by atoms with Crippen LogP contribution in [0.1, 0.15) is 30.8 Å². The molecule has 0 radical (unpaired) electrons. The van der Waals surface area contributed by atoms with E-state index in [1.807, 2.05) is 44.4 Å². The first-order chi connectivity index (χ1) is 15.2. The fourth-order valence-electron chi connectivity index (χ4n) is 3.90. The van der Waals surface area contributed by atoms with E-state index in [1.165, 1.54) is 6.33 Å². The number of aryl methyl sites for hydroxylation is 2. The Labute approximate surface area is 199 Å². The summed E-state index contributed by atoms with van der Waals surface area (Å²) >= 11 is 4.96. The van der Waals surface area contributed by atoms with Crippen molar-refractivity contribution in [2.24, 2.45) is 0 Å². The van der Waals surface area contributed by atoms with Crippen LogP contribution in [0.2, 0.25) is 0 Å². The minimum atomic E-state index is -1.13. The number of fused-ring (bicyclic) bond motifs is 2. The lowest BCUT2D eigenvalue weighted by Gasteiger charge is -2.36. The van der Waals surface area contributed by atoms with E-state index in [4.69, 9.17) is 5.73 Å². The highest BCUT2D eigenvalue weighted by Gasteiger charge is 2.38. The molecule has 32 heavy (non-hydrogen) atoms. The van der Waals surface area contributed by atoms with Crippen molar-refractivity contribution in [1.29, 1.82) is 0 Å². The van der Waals surface area contributed by atoms with E-state index >= 15 is 0 Å². The lowest BCUT2D eigenvalue weighted by atomic mass is 9.93. The largest absolute Gasteiger partial charge is 0.387 e. The molecule has 3 aromatic heterocycles. The Kier molecular flexibility index (Phi) is 6.44. The number of aromatic nitrogens is 4. The van der Waals surface area contributed by atoms with E-state index in [0.717, 1.165) is 38.4 Å². The summed E-state index contributed by atoms with van der Waals surface area (Å²) in [7, 11) is 0. The number of hydrogen-bond donors (Lipinski definition) is 3. The SMILES string of the molecule is CS[C@](C)(CCc1ccc2cc(Br)c(N)nc2c1)[C@@H](O)[C@@H](O)n1ccc2c(C)ncnc21. The van der Waals surface area contributed by atoms with E-state index in [-0.39, 0.29) is 0 Å². The fourth-order valence-corrected chi connectivity index (χ4v) is 4.90. The van der Waals surface area contributed by atoms with Crippen molar-refractivity contribution in [3.63, 3.8) is 0 Å². The van der Waals surface area contributed by atoms with Crippen molar-refractivity contribution < 1.29 is 10.2 Å². The van der Waals surface area contributed by atoms with Gasteiger partial charge in [-0.2, -0.15) is 11.8 Å². The van der Waals surface area contributed by atoms with E-state index < -0.39 is 17.1 Å². The van der Waals surface area contributed by atoms with Gasteiger partial charge >= 0.3 is 0 Å². The fraction of sp³-hybridized carbons (Fsp3) is 0.348. The zero-order chi connectivity index (χ0) is 23.0. The number of pyridine rings is 1. The molecule has 0 bridgehead atoms. The lowest BCUT2D eigenvalue weighted by molar-refractivity contribution is -0.0446. The maximum atomic E-state index is 11.2. The molecule has 4 N–H and O–H groups in total. The van der Waals surface area contributed by atoms with E-state index in [9.17, 15) is 10.2 Å². The minimum absolute atomic E-state index is 0.458. The van der Waals surface area contributed by atoms with Gasteiger partial charge in [0, 0.05) is 21.7 Å². The second kappa shape index (κ2) is 8.97. The van der Waals surface area contributed by atoms with Crippen molar-refractivity contribution in [3.05, 3.63) is 58.6 Å². The second-order valence-corrected chi connectivity index (χ2v) is 10.4. The van der Waals surface area contributed by atoms with Gasteiger partial charge in [-0.05, 0) is 72.6 Å². The van der Waals surface area contributed by atoms with Crippen molar-refractivity contribution in [3.8, 4) is 0 Å². The highest BCUT2D eigenvalue weighted by molar-refractivity contribution is 9.10. The Balaban J connectivity index is 1.55. The summed E-state index contributed by atoms with van der Waals surface area (Å²) < 4.78 is 1.81. The van der Waals surface area contributed by atoms with Crippen LogP contribution in [0.3, 0.4) is 0 Å². The van der Waals surface area contributed by atoms with Crippen LogP contribution in [-0.4, -0.2) is 46.8 Å². The minimum Gasteiger partial charge on any atom is -0.387 e. The number of benzene rings is 1. The summed E-state index contributed by atoms with van der Waals surface area (Å²) in [4.78, 5) is 13.0. The number of rotatable bonds is 7. The summed E-state index contributed by atoms with van der Waals surface area (Å²) in [5, 5.41) is 24.1. The molecule has 168 valence electrons. The highest BCUT2D eigenvalue weighted by atomic mass is 79.9. The summed E-state index contributed by atoms with van der Waals surface area (Å²) in [6.45, 7) is 3.87. The molecule has 7 nitrogen and oxygen atoms in total. The highest BCUT2D eigenvalue weighted by Crippen LogP contribution is 2.37. The van der Waals surface area contributed by atoms with Crippen LogP contribution >= 0.6 is 27.7 Å². The average Bonchev–Trinajstić information content (AvgIpc) is 3.23. The summed E-state index contributed by atoms with van der Waals surface area (Å²) in [6, 6.07) is 9.94. The first-order valence-electron chi connectivity index (χ1n) is 10.3. The third-order valence-corrected chi connectivity index (χ3v) is 8.15. The number of nitrogens with two attached hydrogens (primary N) is 1.